The summed E-state index contributed by atoms with van der Waals surface area (Å²) >= 11 is 0. The van der Waals surface area contributed by atoms with Crippen molar-refractivity contribution in [1.29, 1.82) is 0 Å². The van der Waals surface area contributed by atoms with Gasteiger partial charge in [-0.15, -0.1) is 0 Å². The largest absolute Gasteiger partial charge is 3.00 e. The van der Waals surface area contributed by atoms with Gasteiger partial charge in [0.2, 0.25) is 0 Å². The first kappa shape index (κ1) is 50.0. The number of benzene rings is 4. The Hall–Kier alpha value is -5.10. The molecule has 0 fully saturated rings. The predicted octanol–water partition coefficient (Wildman–Crippen LogP) is 3.47. The maximum absolute atomic E-state index is 3.88. The average molecular weight is 854 g/mol. The van der Waals surface area contributed by atoms with Crippen molar-refractivity contribution in [3.05, 3.63) is 234 Å². The minimum absolute atomic E-state index is 0. The van der Waals surface area contributed by atoms with Gasteiger partial charge in [0.05, 0.1) is 0 Å². The van der Waals surface area contributed by atoms with E-state index in [2.05, 4.69) is 193 Å². The van der Waals surface area contributed by atoms with Crippen molar-refractivity contribution < 1.29 is 39.0 Å². The van der Waals surface area contributed by atoms with Crippen molar-refractivity contribution >= 4 is 57.0 Å². The third kappa shape index (κ3) is 9.70. The number of aromatic amines is 4. The predicted molar refractivity (Wildman–Crippen MR) is 239 cm³/mol. The summed E-state index contributed by atoms with van der Waals surface area (Å²) in [6, 6.07) is 53.0. The van der Waals surface area contributed by atoms with Crippen LogP contribution in [0.4, 0.5) is 0 Å². The van der Waals surface area contributed by atoms with Gasteiger partial charge >= 0.3 is 51.8 Å². The molecule has 9 rings (SSSR count). The molecule has 0 spiro atoms. The summed E-state index contributed by atoms with van der Waals surface area (Å²) < 4.78 is 0. The van der Waals surface area contributed by atoms with Crippen LogP contribution in [0.15, 0.2) is 146 Å². The number of nitrogens with one attached hydrogen (secondary N) is 4. The summed E-state index contributed by atoms with van der Waals surface area (Å²) in [4.78, 5) is 15.5. The Balaban J connectivity index is 0.00000171. The molecule has 288 valence electrons. The van der Waals surface area contributed by atoms with Crippen molar-refractivity contribution in [2.75, 3.05) is 0 Å². The van der Waals surface area contributed by atoms with Gasteiger partial charge in [0.25, 0.3) is 0 Å². The Bertz CT molecular complexity index is 2480. The quantitative estimate of drug-likeness (QED) is 0.189. The van der Waals surface area contributed by atoms with Crippen molar-refractivity contribution in [2.24, 2.45) is 0 Å². The Morgan fingerprint density at radius 1 is 0.254 bits per heavy atom. The van der Waals surface area contributed by atoms with Crippen LogP contribution in [0, 0.1) is 27.7 Å². The van der Waals surface area contributed by atoms with E-state index in [9.17, 15) is 0 Å². The second kappa shape index (κ2) is 20.7. The van der Waals surface area contributed by atoms with Gasteiger partial charge in [-0.2, -0.15) is 0 Å². The molecule has 0 aliphatic carbocycles. The van der Waals surface area contributed by atoms with Crippen molar-refractivity contribution in [1.82, 2.24) is 19.9 Å². The van der Waals surface area contributed by atoms with Crippen molar-refractivity contribution in [3.8, 4) is 0 Å². The van der Waals surface area contributed by atoms with E-state index in [1.54, 1.807) is 0 Å². The number of H-pyrrole nitrogens is 4. The molecule has 59 heavy (non-hydrogen) atoms. The monoisotopic (exact) mass is 853 g/mol. The molecule has 1 aliphatic heterocycles. The van der Waals surface area contributed by atoms with Gasteiger partial charge in [0.1, 0.15) is 0 Å². The first-order chi connectivity index (χ1) is 25.4. The molecule has 0 unspecified atom stereocenters. The van der Waals surface area contributed by atoms with Gasteiger partial charge in [0.15, 0.2) is 0 Å². The molecule has 0 saturated carbocycles. The summed E-state index contributed by atoms with van der Waals surface area (Å²) in [6.07, 6.45) is 0. The summed E-state index contributed by atoms with van der Waals surface area (Å²) in [7, 11) is 0. The zero-order chi connectivity index (χ0) is 35.3. The number of hydrogen-bond donors (Lipinski definition) is 4. The molecule has 0 saturated heterocycles. The summed E-state index contributed by atoms with van der Waals surface area (Å²) in [5.41, 5.74) is 18.1. The third-order valence-electron chi connectivity index (χ3n) is 10.3. The van der Waals surface area contributed by atoms with Gasteiger partial charge in [-0.05, 0) is 98.5 Å². The molecule has 8 aromatic rings. The molecule has 8 nitrogen and oxygen atoms in total. The molecule has 4 aromatic carbocycles. The van der Waals surface area contributed by atoms with E-state index in [0.717, 1.165) is 88.7 Å². The summed E-state index contributed by atoms with van der Waals surface area (Å²) in [5.74, 6) is 0. The van der Waals surface area contributed by atoms with Gasteiger partial charge in [-0.1, -0.05) is 119 Å². The summed E-state index contributed by atoms with van der Waals surface area (Å²) in [6.45, 7) is 8.54. The SMILES string of the molecule is Cc1ccc(C2=c3ccc([nH]3)=C(c3ccc(C)cc3)c3ccc([nH]3)C(c3ccc(C)cc3)=c3ccc([nH]3)=C(c3ccc(C)cc3)c3ccc2[nH]3)cc1.O.O.O.O.[Al+3].[Al+3].[Mn+3]. The molecule has 4 aromatic heterocycles. The molecule has 11 heteroatoms. The van der Waals surface area contributed by atoms with Crippen LogP contribution in [0.1, 0.15) is 67.3 Å². The van der Waals surface area contributed by atoms with Crippen LogP contribution in [0.3, 0.4) is 0 Å². The molecule has 0 radical (unpaired) electrons. The van der Waals surface area contributed by atoms with E-state index < -0.39 is 0 Å². The number of aryl methyl sites for hydroxylation is 4. The first-order valence-corrected chi connectivity index (χ1v) is 17.9. The number of aromatic nitrogens is 4. The van der Waals surface area contributed by atoms with Gasteiger partial charge < -0.3 is 41.8 Å². The normalized spacial score (nSPS) is 11.3. The van der Waals surface area contributed by atoms with E-state index in [-0.39, 0.29) is 73.7 Å². The van der Waals surface area contributed by atoms with Crippen molar-refractivity contribution in [3.63, 3.8) is 0 Å². The van der Waals surface area contributed by atoms with E-state index in [1.165, 1.54) is 22.3 Å². The maximum atomic E-state index is 3.88. The zero-order valence-corrected chi connectivity index (χ0v) is 36.9. The van der Waals surface area contributed by atoms with E-state index in [4.69, 9.17) is 0 Å². The van der Waals surface area contributed by atoms with E-state index in [0.29, 0.717) is 0 Å². The van der Waals surface area contributed by atoms with Crippen LogP contribution in [0.5, 0.6) is 0 Å². The molecule has 1 aliphatic rings. The van der Waals surface area contributed by atoms with Crippen LogP contribution in [-0.4, -0.2) is 76.6 Å². The first-order valence-electron chi connectivity index (χ1n) is 17.9. The Morgan fingerprint density at radius 3 is 0.627 bits per heavy atom. The fourth-order valence-corrected chi connectivity index (χ4v) is 7.45. The zero-order valence-electron chi connectivity index (χ0n) is 33.4. The maximum Gasteiger partial charge on any atom is 3.00 e. The smallest absolute Gasteiger partial charge is 0.412 e. The molecular weight excluding hydrogens is 805 g/mol. The number of hydrogen-bond acceptors (Lipinski definition) is 0. The van der Waals surface area contributed by atoms with Crippen LogP contribution >= 0.6 is 0 Å². The minimum atomic E-state index is 0. The second-order valence-corrected chi connectivity index (χ2v) is 14.1. The molecular formula is C48H48Al2MnN4O4+9. The fraction of sp³-hybridized carbons (Fsp3) is 0.0833. The summed E-state index contributed by atoms with van der Waals surface area (Å²) in [5, 5.41) is 4.17. The van der Waals surface area contributed by atoms with Crippen molar-refractivity contribution in [2.45, 2.75) is 27.7 Å². The standard InChI is InChI=1S/C48H40N4.2Al.Mn.4H2O/c1-29-5-13-33(14-6-29)45-37-21-23-39(49-37)46(34-15-7-30(2)8-16-34)41-25-27-43(51-41)48(36-19-11-32(4)12-20-36)44-28-26-42(52-44)47(40-24-22-38(45)50-40)35-17-9-31(3)10-18-35;;;;;;;/h5-28,49-52H,1-4H3;;;;4*1H2/q;3*+3;;;;. The Kier molecular flexibility index (Phi) is 17.6. The van der Waals surface area contributed by atoms with Crippen LogP contribution in [0.2, 0.25) is 0 Å². The minimum Gasteiger partial charge on any atom is -0.412 e. The second-order valence-electron chi connectivity index (χ2n) is 14.1. The average Bonchev–Trinajstić information content (AvgIpc) is 3.99. The molecule has 0 amide bonds. The fourth-order valence-electron chi connectivity index (χ4n) is 7.45. The van der Waals surface area contributed by atoms with Gasteiger partial charge in [0, 0.05) is 66.5 Å². The van der Waals surface area contributed by atoms with E-state index in [1.807, 2.05) is 0 Å². The molecule has 8 bridgehead atoms. The third-order valence-corrected chi connectivity index (χ3v) is 10.3. The van der Waals surface area contributed by atoms with Crippen LogP contribution < -0.4 is 21.4 Å². The molecule has 5 heterocycles. The Labute approximate surface area is 375 Å². The van der Waals surface area contributed by atoms with E-state index >= 15 is 0 Å². The number of rotatable bonds is 4. The topological polar surface area (TPSA) is 189 Å². The van der Waals surface area contributed by atoms with Gasteiger partial charge in [-0.3, -0.25) is 0 Å². The molecule has 12 N–H and O–H groups in total. The van der Waals surface area contributed by atoms with Gasteiger partial charge in [-0.25, -0.2) is 0 Å². The number of fused-ring (bicyclic) bond motifs is 8. The molecule has 0 atom stereocenters. The van der Waals surface area contributed by atoms with Crippen LogP contribution in [-0.2, 0) is 17.1 Å². The van der Waals surface area contributed by atoms with Crippen LogP contribution in [0.25, 0.3) is 22.3 Å². The Morgan fingerprint density at radius 2 is 0.441 bits per heavy atom.